The molecule has 2 aliphatic carbocycles. The number of carboxylic acids is 2. The van der Waals surface area contributed by atoms with Crippen LogP contribution in [0.3, 0.4) is 0 Å². The van der Waals surface area contributed by atoms with E-state index in [2.05, 4.69) is 5.32 Å². The van der Waals surface area contributed by atoms with Gasteiger partial charge >= 0.3 is 11.9 Å². The summed E-state index contributed by atoms with van der Waals surface area (Å²) in [7, 11) is 0. The molecule has 2 aliphatic rings. The van der Waals surface area contributed by atoms with Crippen LogP contribution in [0.4, 0.5) is 0 Å². The Morgan fingerprint density at radius 3 is 2.44 bits per heavy atom. The van der Waals surface area contributed by atoms with Gasteiger partial charge in [-0.1, -0.05) is 0 Å². The minimum absolute atomic E-state index is 0.0432. The zero-order valence-corrected chi connectivity index (χ0v) is 9.92. The lowest BCUT2D eigenvalue weighted by Crippen LogP contribution is -2.58. The summed E-state index contributed by atoms with van der Waals surface area (Å²) in [4.78, 5) is 33.6. The fourth-order valence-electron chi connectivity index (χ4n) is 3.00. The number of amides is 1. The highest BCUT2D eigenvalue weighted by molar-refractivity contribution is 5.92. The molecule has 2 fully saturated rings. The molecule has 5 N–H and O–H groups in total. The van der Waals surface area contributed by atoms with Gasteiger partial charge < -0.3 is 21.3 Å². The van der Waals surface area contributed by atoms with Gasteiger partial charge in [0.1, 0.15) is 6.04 Å². The maximum absolute atomic E-state index is 12.0. The highest BCUT2D eigenvalue weighted by atomic mass is 16.4. The Kier molecular flexibility index (Phi) is 2.81. The van der Waals surface area contributed by atoms with E-state index in [1.165, 1.54) is 6.92 Å². The summed E-state index contributed by atoms with van der Waals surface area (Å²) in [6.07, 6.45) is 1.01. The average Bonchev–Trinajstić information content (AvgIpc) is 2.92. The molecule has 0 bridgehead atoms. The lowest BCUT2D eigenvalue weighted by atomic mass is 9.90. The van der Waals surface area contributed by atoms with Crippen molar-refractivity contribution >= 4 is 17.8 Å². The quantitative estimate of drug-likeness (QED) is 0.511. The van der Waals surface area contributed by atoms with E-state index in [9.17, 15) is 14.4 Å². The van der Waals surface area contributed by atoms with Crippen LogP contribution in [0.5, 0.6) is 0 Å². The molecule has 0 aromatic heterocycles. The number of carbonyl (C=O) groups excluding carboxylic acids is 1. The zero-order valence-electron chi connectivity index (χ0n) is 9.92. The summed E-state index contributed by atoms with van der Waals surface area (Å²) < 4.78 is 0. The Labute approximate surface area is 103 Å². The summed E-state index contributed by atoms with van der Waals surface area (Å²) >= 11 is 0. The second-order valence-electron chi connectivity index (χ2n) is 5.17. The molecule has 0 aromatic carbocycles. The van der Waals surface area contributed by atoms with Gasteiger partial charge in [-0.05, 0) is 25.7 Å². The van der Waals surface area contributed by atoms with Crippen LogP contribution in [0.1, 0.15) is 19.8 Å². The molecule has 2 rings (SSSR count). The van der Waals surface area contributed by atoms with Crippen LogP contribution in [0.15, 0.2) is 0 Å². The van der Waals surface area contributed by atoms with Crippen LogP contribution < -0.4 is 11.1 Å². The molecule has 0 aromatic rings. The number of aliphatic carboxylic acids is 2. The molecule has 7 heteroatoms. The van der Waals surface area contributed by atoms with Gasteiger partial charge in [-0.3, -0.25) is 14.4 Å². The van der Waals surface area contributed by atoms with Gasteiger partial charge in [-0.2, -0.15) is 0 Å². The van der Waals surface area contributed by atoms with Crippen molar-refractivity contribution in [3.63, 3.8) is 0 Å². The largest absolute Gasteiger partial charge is 0.481 e. The lowest BCUT2D eigenvalue weighted by Gasteiger charge is -2.26. The number of rotatable bonds is 4. The molecule has 1 unspecified atom stereocenters. The number of nitrogens with one attached hydrogen (secondary N) is 1. The first kappa shape index (κ1) is 12.8. The van der Waals surface area contributed by atoms with Gasteiger partial charge in [-0.25, -0.2) is 0 Å². The third-order valence-corrected chi connectivity index (χ3v) is 4.08. The molecule has 7 nitrogen and oxygen atoms in total. The monoisotopic (exact) mass is 256 g/mol. The molecule has 18 heavy (non-hydrogen) atoms. The van der Waals surface area contributed by atoms with Gasteiger partial charge in [0.25, 0.3) is 0 Å². The molecule has 0 saturated heterocycles. The lowest BCUT2D eigenvalue weighted by molar-refractivity contribution is -0.143. The summed E-state index contributed by atoms with van der Waals surface area (Å²) in [5.41, 5.74) is 4.76. The highest BCUT2D eigenvalue weighted by Gasteiger charge is 2.69. The van der Waals surface area contributed by atoms with Crippen molar-refractivity contribution in [2.45, 2.75) is 31.3 Å². The fraction of sp³-hybridized carbons (Fsp3) is 0.727. The van der Waals surface area contributed by atoms with E-state index in [0.29, 0.717) is 12.8 Å². The van der Waals surface area contributed by atoms with Gasteiger partial charge in [-0.15, -0.1) is 0 Å². The van der Waals surface area contributed by atoms with Gasteiger partial charge in [0.2, 0.25) is 5.91 Å². The van der Waals surface area contributed by atoms with Crippen LogP contribution in [0, 0.1) is 17.8 Å². The Morgan fingerprint density at radius 1 is 1.39 bits per heavy atom. The zero-order chi connectivity index (χ0) is 13.7. The minimum atomic E-state index is -1.24. The summed E-state index contributed by atoms with van der Waals surface area (Å²) in [5, 5.41) is 20.0. The van der Waals surface area contributed by atoms with Crippen LogP contribution >= 0.6 is 0 Å². The Balaban J connectivity index is 2.06. The number of fused-ring (bicyclic) bond motifs is 1. The first-order chi connectivity index (χ1) is 8.29. The van der Waals surface area contributed by atoms with Crippen molar-refractivity contribution in [3.05, 3.63) is 0 Å². The molecule has 0 spiro atoms. The first-order valence-electron chi connectivity index (χ1n) is 5.84. The summed E-state index contributed by atoms with van der Waals surface area (Å²) in [5.74, 6) is -3.61. The predicted octanol–water partition coefficient (Wildman–Crippen LogP) is -0.986. The Morgan fingerprint density at radius 2 is 2.00 bits per heavy atom. The maximum atomic E-state index is 12.0. The van der Waals surface area contributed by atoms with Crippen molar-refractivity contribution in [1.29, 1.82) is 0 Å². The molecule has 0 heterocycles. The van der Waals surface area contributed by atoms with Gasteiger partial charge in [0.05, 0.1) is 11.5 Å². The molecule has 0 aliphatic heterocycles. The second kappa shape index (κ2) is 3.94. The predicted molar refractivity (Wildman–Crippen MR) is 59.5 cm³/mol. The SMILES string of the molecule is CC(NC(=O)[C@]1(N)CC[C@H]2[C@H](C(=O)O)[C@H]21)C(=O)O. The number of carbonyl (C=O) groups is 3. The third-order valence-electron chi connectivity index (χ3n) is 4.08. The van der Waals surface area contributed by atoms with E-state index in [1.807, 2.05) is 0 Å². The fourth-order valence-corrected chi connectivity index (χ4v) is 3.00. The number of hydrogen-bond acceptors (Lipinski definition) is 4. The molecule has 0 radical (unpaired) electrons. The Hall–Kier alpha value is -1.63. The second-order valence-corrected chi connectivity index (χ2v) is 5.17. The van der Waals surface area contributed by atoms with Crippen molar-refractivity contribution in [2.24, 2.45) is 23.5 Å². The van der Waals surface area contributed by atoms with E-state index in [0.717, 1.165) is 0 Å². The maximum Gasteiger partial charge on any atom is 0.325 e. The average molecular weight is 256 g/mol. The van der Waals surface area contributed by atoms with Gasteiger partial charge in [0.15, 0.2) is 0 Å². The topological polar surface area (TPSA) is 130 Å². The van der Waals surface area contributed by atoms with Crippen LogP contribution in [-0.2, 0) is 14.4 Å². The first-order valence-corrected chi connectivity index (χ1v) is 5.84. The molecular formula is C11H16N2O5. The van der Waals surface area contributed by atoms with E-state index in [-0.39, 0.29) is 11.8 Å². The van der Waals surface area contributed by atoms with Crippen molar-refractivity contribution in [1.82, 2.24) is 5.32 Å². The molecule has 2 saturated carbocycles. The van der Waals surface area contributed by atoms with Crippen molar-refractivity contribution < 1.29 is 24.6 Å². The molecule has 1 amide bonds. The van der Waals surface area contributed by atoms with E-state index in [4.69, 9.17) is 15.9 Å². The number of carboxylic acid groups (broad SMARTS) is 2. The van der Waals surface area contributed by atoms with Crippen molar-refractivity contribution in [3.8, 4) is 0 Å². The third kappa shape index (κ3) is 1.74. The van der Waals surface area contributed by atoms with Crippen molar-refractivity contribution in [2.75, 3.05) is 0 Å². The number of hydrogen-bond donors (Lipinski definition) is 4. The smallest absolute Gasteiger partial charge is 0.325 e. The molecule has 5 atom stereocenters. The normalized spacial score (nSPS) is 38.7. The van der Waals surface area contributed by atoms with E-state index in [1.54, 1.807) is 0 Å². The molecular weight excluding hydrogens is 240 g/mol. The van der Waals surface area contributed by atoms with Crippen LogP contribution in [0.2, 0.25) is 0 Å². The van der Waals surface area contributed by atoms with E-state index < -0.39 is 35.3 Å². The Bertz CT molecular complexity index is 424. The summed E-state index contributed by atoms with van der Waals surface area (Å²) in [6, 6.07) is -1.03. The van der Waals surface area contributed by atoms with E-state index >= 15 is 0 Å². The van der Waals surface area contributed by atoms with Crippen LogP contribution in [0.25, 0.3) is 0 Å². The highest BCUT2D eigenvalue weighted by Crippen LogP contribution is 2.61. The summed E-state index contributed by atoms with van der Waals surface area (Å²) in [6.45, 7) is 1.34. The standard InChI is InChI=1S/C11H16N2O5/c1-4(8(14)15)13-10(18)11(12)3-2-5-6(7(5)11)9(16)17/h4-7H,2-3,12H2,1H3,(H,13,18)(H,14,15)(H,16,17)/t4?,5-,6-,7-,11-/m0/s1. The van der Waals surface area contributed by atoms with Gasteiger partial charge in [0, 0.05) is 5.92 Å². The molecule has 100 valence electrons. The minimum Gasteiger partial charge on any atom is -0.481 e. The number of nitrogens with two attached hydrogens (primary N) is 1. The van der Waals surface area contributed by atoms with Crippen LogP contribution in [-0.4, -0.2) is 39.6 Å².